The molecule has 0 saturated carbocycles. The van der Waals surface area contributed by atoms with Crippen LogP contribution >= 0.6 is 0 Å². The number of carbonyl (C=O) groups is 1. The van der Waals surface area contributed by atoms with Crippen LogP contribution in [0.2, 0.25) is 5.04 Å². The minimum absolute atomic E-state index is 0.102. The fourth-order valence-corrected chi connectivity index (χ4v) is 9.03. The number of amides is 1. The van der Waals surface area contributed by atoms with Gasteiger partial charge in [-0.05, 0) is 49.0 Å². The van der Waals surface area contributed by atoms with E-state index in [2.05, 4.69) is 80.5 Å². The van der Waals surface area contributed by atoms with Crippen molar-refractivity contribution in [2.45, 2.75) is 78.0 Å². The summed E-state index contributed by atoms with van der Waals surface area (Å²) in [5.41, 5.74) is -0.572. The first-order valence-electron chi connectivity index (χ1n) is 12.1. The normalized spacial score (nSPS) is 14.1. The van der Waals surface area contributed by atoms with Crippen molar-refractivity contribution in [1.82, 2.24) is 5.32 Å². The predicted octanol–water partition coefficient (Wildman–Crippen LogP) is 5.51. The van der Waals surface area contributed by atoms with E-state index in [-0.39, 0.29) is 17.0 Å². The summed E-state index contributed by atoms with van der Waals surface area (Å²) in [5.74, 6) is 2.75. The minimum Gasteiger partial charge on any atom is -0.444 e. The Balaban J connectivity index is 2.36. The Bertz CT molecular complexity index is 900. The number of carbonyl (C=O) groups excluding carboxylic acids is 1. The van der Waals surface area contributed by atoms with Crippen molar-refractivity contribution in [3.63, 3.8) is 0 Å². The second-order valence-electron chi connectivity index (χ2n) is 10.7. The quantitative estimate of drug-likeness (QED) is 0.381. The zero-order valence-corrected chi connectivity index (χ0v) is 22.9. The maximum atomic E-state index is 12.5. The van der Waals surface area contributed by atoms with Gasteiger partial charge in [-0.3, -0.25) is 0 Å². The van der Waals surface area contributed by atoms with Crippen molar-refractivity contribution >= 4 is 24.8 Å². The summed E-state index contributed by atoms with van der Waals surface area (Å²) in [5, 5.41) is 5.36. The third-order valence-corrected chi connectivity index (χ3v) is 11.0. The Morgan fingerprint density at radius 2 is 1.47 bits per heavy atom. The molecule has 4 nitrogen and oxygen atoms in total. The van der Waals surface area contributed by atoms with E-state index in [1.165, 1.54) is 10.4 Å². The van der Waals surface area contributed by atoms with Crippen molar-refractivity contribution in [2.24, 2.45) is 5.92 Å². The lowest BCUT2D eigenvalue weighted by atomic mass is 9.95. The molecule has 2 rings (SSSR count). The van der Waals surface area contributed by atoms with E-state index in [4.69, 9.17) is 15.6 Å². The van der Waals surface area contributed by atoms with Crippen LogP contribution in [0.5, 0.6) is 0 Å². The van der Waals surface area contributed by atoms with Crippen LogP contribution in [0.15, 0.2) is 60.7 Å². The number of terminal acetylenes is 1. The number of rotatable bonds is 9. The molecule has 0 spiro atoms. The smallest absolute Gasteiger partial charge is 0.407 e. The Labute approximate surface area is 207 Å². The first-order valence-corrected chi connectivity index (χ1v) is 14.1. The molecule has 2 atom stereocenters. The summed E-state index contributed by atoms with van der Waals surface area (Å²) < 4.78 is 12.5. The Morgan fingerprint density at radius 3 is 1.85 bits per heavy atom. The lowest BCUT2D eigenvalue weighted by molar-refractivity contribution is 0.0485. The topological polar surface area (TPSA) is 47.6 Å². The van der Waals surface area contributed by atoms with Crippen LogP contribution in [0.3, 0.4) is 0 Å². The fourth-order valence-electron chi connectivity index (χ4n) is 4.45. The van der Waals surface area contributed by atoms with Crippen LogP contribution in [-0.2, 0) is 9.16 Å². The number of hydrogen-bond donors (Lipinski definition) is 1. The van der Waals surface area contributed by atoms with E-state index in [1.54, 1.807) is 0 Å². The highest BCUT2D eigenvalue weighted by Crippen LogP contribution is 2.37. The molecule has 34 heavy (non-hydrogen) atoms. The van der Waals surface area contributed by atoms with Crippen molar-refractivity contribution in [3.05, 3.63) is 60.7 Å². The van der Waals surface area contributed by atoms with Gasteiger partial charge in [-0.2, -0.15) is 0 Å². The predicted molar refractivity (Wildman–Crippen MR) is 144 cm³/mol. The van der Waals surface area contributed by atoms with Gasteiger partial charge in [0.1, 0.15) is 5.60 Å². The van der Waals surface area contributed by atoms with Gasteiger partial charge in [-0.1, -0.05) is 88.4 Å². The molecule has 0 aliphatic heterocycles. The van der Waals surface area contributed by atoms with Gasteiger partial charge in [0.15, 0.2) is 0 Å². The van der Waals surface area contributed by atoms with Gasteiger partial charge in [-0.25, -0.2) is 4.79 Å². The minimum atomic E-state index is -2.65. The Hall–Kier alpha value is -2.55. The first kappa shape index (κ1) is 27.7. The van der Waals surface area contributed by atoms with Crippen LogP contribution in [0.1, 0.15) is 61.3 Å². The van der Waals surface area contributed by atoms with Crippen LogP contribution in [0, 0.1) is 18.3 Å². The maximum absolute atomic E-state index is 12.5. The highest BCUT2D eigenvalue weighted by Gasteiger charge is 2.50. The average molecular weight is 480 g/mol. The summed E-state index contributed by atoms with van der Waals surface area (Å²) >= 11 is 0. The van der Waals surface area contributed by atoms with E-state index < -0.39 is 20.0 Å². The molecule has 0 fully saturated rings. The number of ether oxygens (including phenoxy) is 1. The average Bonchev–Trinajstić information content (AvgIpc) is 2.76. The molecular formula is C29H41NO3Si. The van der Waals surface area contributed by atoms with Gasteiger partial charge < -0.3 is 14.5 Å². The highest BCUT2D eigenvalue weighted by molar-refractivity contribution is 6.99. The summed E-state index contributed by atoms with van der Waals surface area (Å²) in [4.78, 5) is 12.5. The van der Waals surface area contributed by atoms with Crippen LogP contribution < -0.4 is 15.7 Å². The largest absolute Gasteiger partial charge is 0.444 e. The first-order chi connectivity index (χ1) is 15.9. The van der Waals surface area contributed by atoms with E-state index in [0.717, 1.165) is 6.42 Å². The lowest BCUT2D eigenvalue weighted by Gasteiger charge is -2.43. The molecule has 0 aliphatic carbocycles. The zero-order chi connectivity index (χ0) is 25.4. The summed E-state index contributed by atoms with van der Waals surface area (Å²) in [7, 11) is -2.65. The molecule has 184 valence electrons. The number of alkyl carbamates (subject to hydrolysis) is 1. The van der Waals surface area contributed by atoms with Crippen molar-refractivity contribution in [1.29, 1.82) is 0 Å². The third-order valence-electron chi connectivity index (χ3n) is 6.01. The molecule has 2 aromatic carbocycles. The fraction of sp³-hybridized carbons (Fsp3) is 0.483. The summed E-state index contributed by atoms with van der Waals surface area (Å²) in [6, 6.07) is 20.9. The van der Waals surface area contributed by atoms with Crippen molar-refractivity contribution in [3.8, 4) is 12.3 Å². The Kier molecular flexibility index (Phi) is 9.55. The van der Waals surface area contributed by atoms with Crippen LogP contribution in [-0.4, -0.2) is 32.7 Å². The molecule has 0 bridgehead atoms. The van der Waals surface area contributed by atoms with Crippen molar-refractivity contribution < 1.29 is 14.0 Å². The molecule has 0 saturated heterocycles. The van der Waals surface area contributed by atoms with E-state index in [9.17, 15) is 4.79 Å². The molecule has 1 amide bonds. The third kappa shape index (κ3) is 6.98. The van der Waals surface area contributed by atoms with Crippen molar-refractivity contribution in [2.75, 3.05) is 6.61 Å². The van der Waals surface area contributed by atoms with Gasteiger partial charge in [-0.15, -0.1) is 12.3 Å². The van der Waals surface area contributed by atoms with E-state index >= 15 is 0 Å². The molecule has 0 aromatic heterocycles. The van der Waals surface area contributed by atoms with E-state index in [1.807, 2.05) is 39.8 Å². The maximum Gasteiger partial charge on any atom is 0.407 e. The summed E-state index contributed by atoms with van der Waals surface area (Å²) in [6.07, 6.45) is 6.74. The van der Waals surface area contributed by atoms with Gasteiger partial charge in [0.2, 0.25) is 0 Å². The zero-order valence-electron chi connectivity index (χ0n) is 21.9. The monoisotopic (exact) mass is 479 g/mol. The number of benzene rings is 2. The molecule has 0 radical (unpaired) electrons. The molecule has 1 N–H and O–H groups in total. The number of hydrogen-bond acceptors (Lipinski definition) is 3. The number of nitrogens with one attached hydrogen (secondary N) is 1. The lowest BCUT2D eigenvalue weighted by Crippen LogP contribution is -2.66. The molecule has 2 aromatic rings. The highest BCUT2D eigenvalue weighted by atomic mass is 28.4. The second kappa shape index (κ2) is 11.7. The second-order valence-corrected chi connectivity index (χ2v) is 15.0. The van der Waals surface area contributed by atoms with Gasteiger partial charge in [0.25, 0.3) is 8.32 Å². The standard InChI is InChI=1S/C29H41NO3Si/c1-9-23(10-2)26(30-27(31)33-28(3,4)5)21-22-32-34(29(6,7)8,24-17-13-11-14-18-24)25-19-15-12-16-20-25/h1,11-20,23,26H,10,21-22H2,2-8H3,(H,30,31)/t23-,26-/m1/s1. The SMILES string of the molecule is C#C[C@H](CC)[C@@H](CCO[Si](c1ccccc1)(c1ccccc1)C(C)(C)C)NC(=O)OC(C)(C)C. The van der Waals surface area contributed by atoms with Gasteiger partial charge >= 0.3 is 6.09 Å². The molecule has 5 heteroatoms. The molecule has 0 aliphatic rings. The Morgan fingerprint density at radius 1 is 0.971 bits per heavy atom. The molecule has 0 heterocycles. The van der Waals surface area contributed by atoms with Gasteiger partial charge in [0, 0.05) is 18.6 Å². The molecular weight excluding hydrogens is 438 g/mol. The van der Waals surface area contributed by atoms with Crippen LogP contribution in [0.4, 0.5) is 4.79 Å². The van der Waals surface area contributed by atoms with Crippen LogP contribution in [0.25, 0.3) is 0 Å². The molecule has 0 unspecified atom stereocenters. The van der Waals surface area contributed by atoms with Gasteiger partial charge in [0.05, 0.1) is 0 Å². The summed E-state index contributed by atoms with van der Waals surface area (Å²) in [6.45, 7) is 14.8. The van der Waals surface area contributed by atoms with E-state index in [0.29, 0.717) is 13.0 Å².